The number of rotatable bonds is 5. The van der Waals surface area contributed by atoms with Gasteiger partial charge in [0.05, 0.1) is 23.8 Å². The summed E-state index contributed by atoms with van der Waals surface area (Å²) in [6.07, 6.45) is -2.49. The average molecular weight is 409 g/mol. The van der Waals surface area contributed by atoms with E-state index in [0.717, 1.165) is 18.9 Å². The Hall–Kier alpha value is -2.27. The van der Waals surface area contributed by atoms with E-state index in [9.17, 15) is 18.0 Å². The number of fused-ring (bicyclic) bond motifs is 1. The number of likely N-dealkylation sites (tertiary alicyclic amines) is 1. The van der Waals surface area contributed by atoms with Crippen molar-refractivity contribution in [2.75, 3.05) is 44.8 Å². The Balaban J connectivity index is 1.88. The number of piperidine rings is 1. The molecular weight excluding hydrogens is 383 g/mol. The van der Waals surface area contributed by atoms with Crippen LogP contribution in [0.3, 0.4) is 0 Å². The van der Waals surface area contributed by atoms with Crippen molar-refractivity contribution in [3.63, 3.8) is 0 Å². The number of hydrogen-bond donors (Lipinski definition) is 0. The number of anilines is 1. The molecule has 1 aromatic carbocycles. The third kappa shape index (κ3) is 4.20. The highest BCUT2D eigenvalue weighted by molar-refractivity contribution is 5.76. The lowest BCUT2D eigenvalue weighted by atomic mass is 9.74. The van der Waals surface area contributed by atoms with Gasteiger partial charge in [0.1, 0.15) is 0 Å². The minimum absolute atomic E-state index is 0.123. The monoisotopic (exact) mass is 409 g/mol. The van der Waals surface area contributed by atoms with Crippen LogP contribution >= 0.6 is 0 Å². The van der Waals surface area contributed by atoms with Gasteiger partial charge in [-0.3, -0.25) is 4.79 Å². The molecule has 2 atom stereocenters. The Kier molecular flexibility index (Phi) is 6.08. The Morgan fingerprint density at radius 2 is 2.14 bits per heavy atom. The summed E-state index contributed by atoms with van der Waals surface area (Å²) >= 11 is 0. The summed E-state index contributed by atoms with van der Waals surface area (Å²) in [7, 11) is 1.62. The van der Waals surface area contributed by atoms with Crippen molar-refractivity contribution >= 4 is 11.6 Å². The second-order valence-electron chi connectivity index (χ2n) is 8.07. The van der Waals surface area contributed by atoms with Crippen molar-refractivity contribution in [1.82, 2.24) is 4.90 Å². The van der Waals surface area contributed by atoms with Crippen LogP contribution in [0.5, 0.6) is 0 Å². The zero-order chi connectivity index (χ0) is 21.2. The molecule has 5 nitrogen and oxygen atoms in total. The van der Waals surface area contributed by atoms with Crippen LogP contribution < -0.4 is 4.90 Å². The molecule has 0 N–H and O–H groups in total. The van der Waals surface area contributed by atoms with Gasteiger partial charge < -0.3 is 14.5 Å². The van der Waals surface area contributed by atoms with Crippen molar-refractivity contribution < 1.29 is 22.7 Å². The fraction of sp³-hybridized carbons (Fsp3) is 0.619. The topological polar surface area (TPSA) is 56.6 Å². The van der Waals surface area contributed by atoms with Gasteiger partial charge in [-0.15, -0.1) is 0 Å². The van der Waals surface area contributed by atoms with E-state index in [2.05, 4.69) is 0 Å². The molecule has 158 valence electrons. The minimum Gasteiger partial charge on any atom is -0.384 e. The second-order valence-corrected chi connectivity index (χ2v) is 8.07. The first kappa shape index (κ1) is 21.4. The Morgan fingerprint density at radius 3 is 2.76 bits per heavy atom. The number of ether oxygens (including phenoxy) is 1. The highest BCUT2D eigenvalue weighted by Crippen LogP contribution is 2.45. The molecule has 0 aliphatic carbocycles. The summed E-state index contributed by atoms with van der Waals surface area (Å²) in [4.78, 5) is 16.2. The zero-order valence-corrected chi connectivity index (χ0v) is 16.8. The van der Waals surface area contributed by atoms with Crippen molar-refractivity contribution in [3.8, 4) is 6.07 Å². The molecule has 8 heteroatoms. The Bertz CT molecular complexity index is 805. The summed E-state index contributed by atoms with van der Waals surface area (Å²) in [5, 5.41) is 9.02. The van der Waals surface area contributed by atoms with Crippen molar-refractivity contribution in [3.05, 3.63) is 29.3 Å². The van der Waals surface area contributed by atoms with E-state index >= 15 is 0 Å². The summed E-state index contributed by atoms with van der Waals surface area (Å²) in [5.41, 5.74) is -1.13. The van der Waals surface area contributed by atoms with Gasteiger partial charge in [0, 0.05) is 50.8 Å². The van der Waals surface area contributed by atoms with E-state index in [1.807, 2.05) is 16.7 Å². The summed E-state index contributed by atoms with van der Waals surface area (Å²) in [6, 6.07) is 5.50. The van der Waals surface area contributed by atoms with Crippen LogP contribution in [0.4, 0.5) is 18.9 Å². The second kappa shape index (κ2) is 8.23. The van der Waals surface area contributed by atoms with Crippen LogP contribution in [0.1, 0.15) is 37.3 Å². The molecule has 3 rings (SSSR count). The number of nitrogens with zero attached hydrogens (tertiary/aromatic N) is 3. The fourth-order valence-corrected chi connectivity index (χ4v) is 4.72. The minimum atomic E-state index is -4.58. The van der Waals surface area contributed by atoms with Gasteiger partial charge in [-0.05, 0) is 37.0 Å². The average Bonchev–Trinajstić information content (AvgIpc) is 3.05. The quantitative estimate of drug-likeness (QED) is 0.745. The molecule has 29 heavy (non-hydrogen) atoms. The molecule has 0 aromatic heterocycles. The van der Waals surface area contributed by atoms with Gasteiger partial charge in [0.2, 0.25) is 5.91 Å². The molecule has 0 radical (unpaired) electrons. The van der Waals surface area contributed by atoms with E-state index in [0.29, 0.717) is 44.9 Å². The van der Waals surface area contributed by atoms with Gasteiger partial charge in [-0.25, -0.2) is 0 Å². The molecule has 2 fully saturated rings. The van der Waals surface area contributed by atoms with E-state index in [1.165, 1.54) is 6.07 Å². The highest BCUT2D eigenvalue weighted by atomic mass is 19.4. The third-order valence-electron chi connectivity index (χ3n) is 6.11. The summed E-state index contributed by atoms with van der Waals surface area (Å²) in [6.45, 7) is 4.78. The van der Waals surface area contributed by atoms with Gasteiger partial charge >= 0.3 is 6.18 Å². The number of hydrogen-bond acceptors (Lipinski definition) is 4. The van der Waals surface area contributed by atoms with Crippen LogP contribution in [0.2, 0.25) is 0 Å². The van der Waals surface area contributed by atoms with Gasteiger partial charge in [0.25, 0.3) is 0 Å². The number of benzene rings is 1. The maximum Gasteiger partial charge on any atom is 0.417 e. The lowest BCUT2D eigenvalue weighted by Crippen LogP contribution is -2.52. The van der Waals surface area contributed by atoms with Crippen molar-refractivity contribution in [2.24, 2.45) is 11.3 Å². The SMILES string of the molecule is CCCC(=O)N1CC[C@@H]2CN(c3ccc(C#N)c(C(F)(F)F)c3)C[C@]2(COC)C1. The van der Waals surface area contributed by atoms with E-state index < -0.39 is 11.7 Å². The predicted molar refractivity (Wildman–Crippen MR) is 102 cm³/mol. The van der Waals surface area contributed by atoms with Crippen LogP contribution in [0.25, 0.3) is 0 Å². The molecule has 2 aliphatic heterocycles. The van der Waals surface area contributed by atoms with Crippen LogP contribution in [0.15, 0.2) is 18.2 Å². The van der Waals surface area contributed by atoms with Gasteiger partial charge in [-0.1, -0.05) is 6.92 Å². The first-order chi connectivity index (χ1) is 13.7. The number of methoxy groups -OCH3 is 1. The lowest BCUT2D eigenvalue weighted by molar-refractivity contribution is -0.138. The van der Waals surface area contributed by atoms with Crippen LogP contribution in [0, 0.1) is 22.7 Å². The van der Waals surface area contributed by atoms with Gasteiger partial charge in [0.15, 0.2) is 0 Å². The molecule has 2 saturated heterocycles. The maximum absolute atomic E-state index is 13.4. The number of nitriles is 1. The standard InChI is InChI=1S/C21H26F3N3O2/c1-3-4-19(28)26-8-7-16-11-27(13-20(16,12-26)14-29-2)17-6-5-15(10-25)18(9-17)21(22,23)24/h5-6,9,16H,3-4,7-8,11-14H2,1-2H3/t16-,20+/m1/s1. The summed E-state index contributed by atoms with van der Waals surface area (Å²) in [5.74, 6) is 0.357. The smallest absolute Gasteiger partial charge is 0.384 e. The molecular formula is C21H26F3N3O2. The Labute approximate surface area is 169 Å². The maximum atomic E-state index is 13.4. The molecule has 0 unspecified atom stereocenters. The number of carbonyl (C=O) groups excluding carboxylic acids is 1. The van der Waals surface area contributed by atoms with Crippen molar-refractivity contribution in [1.29, 1.82) is 5.26 Å². The number of amides is 1. The first-order valence-corrected chi connectivity index (χ1v) is 9.87. The number of halogens is 3. The molecule has 0 spiro atoms. The van der Waals surface area contributed by atoms with E-state index in [1.54, 1.807) is 19.2 Å². The Morgan fingerprint density at radius 1 is 1.38 bits per heavy atom. The molecule has 1 aromatic rings. The molecule has 0 saturated carbocycles. The largest absolute Gasteiger partial charge is 0.417 e. The van der Waals surface area contributed by atoms with Crippen molar-refractivity contribution in [2.45, 2.75) is 32.4 Å². The summed E-state index contributed by atoms with van der Waals surface area (Å²) < 4.78 is 45.6. The fourth-order valence-electron chi connectivity index (χ4n) is 4.72. The molecule has 1 amide bonds. The number of alkyl halides is 3. The molecule has 2 heterocycles. The highest BCUT2D eigenvalue weighted by Gasteiger charge is 2.50. The third-order valence-corrected chi connectivity index (χ3v) is 6.11. The normalized spacial score (nSPS) is 24.3. The lowest BCUT2D eigenvalue weighted by Gasteiger charge is -2.43. The van der Waals surface area contributed by atoms with Crippen LogP contribution in [-0.2, 0) is 15.7 Å². The molecule has 2 aliphatic rings. The van der Waals surface area contributed by atoms with E-state index in [-0.39, 0.29) is 22.8 Å². The first-order valence-electron chi connectivity index (χ1n) is 9.87. The van der Waals surface area contributed by atoms with Crippen LogP contribution in [-0.4, -0.2) is 50.7 Å². The van der Waals surface area contributed by atoms with E-state index in [4.69, 9.17) is 10.00 Å². The van der Waals surface area contributed by atoms with Gasteiger partial charge in [-0.2, -0.15) is 18.4 Å². The number of carbonyl (C=O) groups is 1. The zero-order valence-electron chi connectivity index (χ0n) is 16.8. The predicted octanol–water partition coefficient (Wildman–Crippen LogP) is 3.68. The molecule has 0 bridgehead atoms.